The number of alkyl halides is 3. The topological polar surface area (TPSA) is 62.8 Å². The van der Waals surface area contributed by atoms with Crippen molar-refractivity contribution in [3.05, 3.63) is 71.6 Å². The highest BCUT2D eigenvalue weighted by molar-refractivity contribution is 5.83. The Balaban J connectivity index is 0.00000216. The number of nitrogens with one attached hydrogen (secondary N) is 2. The van der Waals surface area contributed by atoms with Gasteiger partial charge in [-0.3, -0.25) is 9.69 Å². The van der Waals surface area contributed by atoms with Crippen LogP contribution in [0.4, 0.5) is 23.2 Å². The number of carbonyl (C=O) groups excluding carboxylic acids is 1. The zero-order valence-corrected chi connectivity index (χ0v) is 23.2. The normalized spacial score (nSPS) is 19.3. The molecule has 2 N–H and O–H groups in total. The SMILES string of the molecule is CC.O=C(NC1(Cc2ccc(F)cc2)C=C(CNc2cccc(OCCCN3CCOCC3)c2)CC1)C(F)(F)F. The fourth-order valence-electron chi connectivity index (χ4n) is 4.82. The first-order valence-corrected chi connectivity index (χ1v) is 13.8. The first-order valence-electron chi connectivity index (χ1n) is 13.8. The molecule has 6 nitrogen and oxygen atoms in total. The molecule has 0 aromatic heterocycles. The van der Waals surface area contributed by atoms with E-state index in [9.17, 15) is 22.4 Å². The van der Waals surface area contributed by atoms with Gasteiger partial charge in [0.2, 0.25) is 0 Å². The zero-order chi connectivity index (χ0) is 29.0. The van der Waals surface area contributed by atoms with Gasteiger partial charge < -0.3 is 20.1 Å². The molecule has 2 aromatic carbocycles. The molecule has 40 heavy (non-hydrogen) atoms. The van der Waals surface area contributed by atoms with Crippen molar-refractivity contribution in [1.29, 1.82) is 0 Å². The van der Waals surface area contributed by atoms with Gasteiger partial charge in [0.05, 0.1) is 25.4 Å². The van der Waals surface area contributed by atoms with Crippen molar-refractivity contribution in [2.45, 2.75) is 51.2 Å². The number of hydrogen-bond donors (Lipinski definition) is 2. The summed E-state index contributed by atoms with van der Waals surface area (Å²) in [5, 5.41) is 5.50. The van der Waals surface area contributed by atoms with Gasteiger partial charge in [0.1, 0.15) is 11.6 Å². The Morgan fingerprint density at radius 1 is 1.10 bits per heavy atom. The molecular formula is C30H39F4N3O3. The molecule has 1 aliphatic heterocycles. The van der Waals surface area contributed by atoms with Crippen molar-refractivity contribution < 1.29 is 31.8 Å². The molecule has 2 aromatic rings. The first-order chi connectivity index (χ1) is 19.2. The van der Waals surface area contributed by atoms with Gasteiger partial charge in [-0.2, -0.15) is 13.2 Å². The van der Waals surface area contributed by atoms with Gasteiger partial charge in [-0.25, -0.2) is 4.39 Å². The van der Waals surface area contributed by atoms with Crippen molar-refractivity contribution in [3.63, 3.8) is 0 Å². The highest BCUT2D eigenvalue weighted by atomic mass is 19.4. The Bertz CT molecular complexity index is 1100. The van der Waals surface area contributed by atoms with Gasteiger partial charge in [-0.15, -0.1) is 0 Å². The summed E-state index contributed by atoms with van der Waals surface area (Å²) in [6.07, 6.45) is -1.41. The van der Waals surface area contributed by atoms with Crippen molar-refractivity contribution in [2.75, 3.05) is 51.3 Å². The lowest BCUT2D eigenvalue weighted by molar-refractivity contribution is -0.175. The number of amides is 1. The molecule has 1 unspecified atom stereocenters. The second kappa shape index (κ2) is 15.0. The molecule has 1 heterocycles. The van der Waals surface area contributed by atoms with Crippen LogP contribution in [-0.4, -0.2) is 68.5 Å². The average Bonchev–Trinajstić information content (AvgIpc) is 3.35. The molecule has 0 spiro atoms. The van der Waals surface area contributed by atoms with Gasteiger partial charge in [-0.05, 0) is 55.5 Å². The minimum Gasteiger partial charge on any atom is -0.493 e. The second-order valence-electron chi connectivity index (χ2n) is 9.75. The zero-order valence-electron chi connectivity index (χ0n) is 23.2. The molecule has 0 bridgehead atoms. The monoisotopic (exact) mass is 565 g/mol. The maximum absolute atomic E-state index is 13.3. The summed E-state index contributed by atoms with van der Waals surface area (Å²) >= 11 is 0. The van der Waals surface area contributed by atoms with E-state index < -0.39 is 23.4 Å². The van der Waals surface area contributed by atoms with Crippen molar-refractivity contribution >= 4 is 11.6 Å². The number of carbonyl (C=O) groups is 1. The molecule has 220 valence electrons. The first kappa shape index (κ1) is 31.4. The number of benzene rings is 2. The van der Waals surface area contributed by atoms with Gasteiger partial charge in [0.15, 0.2) is 0 Å². The Morgan fingerprint density at radius 2 is 1.82 bits per heavy atom. The van der Waals surface area contributed by atoms with Gasteiger partial charge in [0, 0.05) is 37.9 Å². The number of ether oxygens (including phenoxy) is 2. The van der Waals surface area contributed by atoms with E-state index in [4.69, 9.17) is 9.47 Å². The number of hydrogen-bond acceptors (Lipinski definition) is 5. The van der Waals surface area contributed by atoms with E-state index in [-0.39, 0.29) is 6.42 Å². The molecule has 1 aliphatic carbocycles. The van der Waals surface area contributed by atoms with Crippen LogP contribution >= 0.6 is 0 Å². The lowest BCUT2D eigenvalue weighted by Gasteiger charge is -2.29. The summed E-state index contributed by atoms with van der Waals surface area (Å²) in [5.41, 5.74) is 1.14. The highest BCUT2D eigenvalue weighted by Gasteiger charge is 2.44. The van der Waals surface area contributed by atoms with Crippen LogP contribution in [0.2, 0.25) is 0 Å². The van der Waals surface area contributed by atoms with E-state index in [1.54, 1.807) is 6.08 Å². The third kappa shape index (κ3) is 9.82. The third-order valence-corrected chi connectivity index (χ3v) is 6.77. The number of nitrogens with zero attached hydrogens (tertiary/aromatic N) is 1. The molecule has 1 atom stereocenters. The lowest BCUT2D eigenvalue weighted by Crippen LogP contribution is -2.52. The third-order valence-electron chi connectivity index (χ3n) is 6.77. The van der Waals surface area contributed by atoms with Crippen LogP contribution in [0.1, 0.15) is 38.7 Å². The van der Waals surface area contributed by atoms with Crippen LogP contribution in [-0.2, 0) is 16.0 Å². The average molecular weight is 566 g/mol. The van der Waals surface area contributed by atoms with E-state index in [2.05, 4.69) is 15.5 Å². The van der Waals surface area contributed by atoms with Crippen molar-refractivity contribution in [2.24, 2.45) is 0 Å². The van der Waals surface area contributed by atoms with E-state index in [1.807, 2.05) is 38.1 Å². The molecule has 10 heteroatoms. The van der Waals surface area contributed by atoms with Crippen molar-refractivity contribution in [3.8, 4) is 5.75 Å². The predicted octanol–water partition coefficient (Wildman–Crippen LogP) is 5.75. The van der Waals surface area contributed by atoms with Gasteiger partial charge >= 0.3 is 12.1 Å². The maximum atomic E-state index is 13.3. The molecular weight excluding hydrogens is 526 g/mol. The molecule has 0 radical (unpaired) electrons. The Labute approximate surface area is 233 Å². The Kier molecular flexibility index (Phi) is 11.8. The minimum absolute atomic E-state index is 0.131. The quantitative estimate of drug-likeness (QED) is 0.207. The summed E-state index contributed by atoms with van der Waals surface area (Å²) < 4.78 is 63.8. The number of rotatable bonds is 11. The summed E-state index contributed by atoms with van der Waals surface area (Å²) in [7, 11) is 0. The van der Waals surface area contributed by atoms with Crippen LogP contribution < -0.4 is 15.4 Å². The van der Waals surface area contributed by atoms with Crippen molar-refractivity contribution in [1.82, 2.24) is 10.2 Å². The van der Waals surface area contributed by atoms with E-state index >= 15 is 0 Å². The molecule has 1 fully saturated rings. The lowest BCUT2D eigenvalue weighted by atomic mass is 9.90. The molecule has 1 saturated heterocycles. The smallest absolute Gasteiger partial charge is 0.471 e. The summed E-state index contributed by atoms with van der Waals surface area (Å²) in [4.78, 5) is 14.2. The molecule has 4 rings (SSSR count). The standard InChI is InChI=1S/C28H33F4N3O3.C2H6/c29-23-7-5-21(6-8-23)18-27(34-26(36)28(30,31)32)10-9-22(19-27)20-33-24-3-1-4-25(17-24)38-14-2-11-35-12-15-37-16-13-35;1-2/h1,3-8,17,19,33H,2,9-16,18,20H2,(H,34,36);1-2H3. The second-order valence-corrected chi connectivity index (χ2v) is 9.75. The van der Waals surface area contributed by atoms with Crippen LogP contribution in [0.3, 0.4) is 0 Å². The summed E-state index contributed by atoms with van der Waals surface area (Å²) in [6.45, 7) is 9.39. The maximum Gasteiger partial charge on any atom is 0.471 e. The molecule has 1 amide bonds. The number of halogens is 4. The number of morpholine rings is 1. The van der Waals surface area contributed by atoms with E-state index in [1.165, 1.54) is 24.3 Å². The van der Waals surface area contributed by atoms with Crippen LogP contribution in [0.25, 0.3) is 0 Å². The summed E-state index contributed by atoms with van der Waals surface area (Å²) in [6, 6.07) is 13.1. The molecule has 2 aliphatic rings. The van der Waals surface area contributed by atoms with E-state index in [0.717, 1.165) is 56.3 Å². The fraction of sp³-hybridized carbons (Fsp3) is 0.500. The predicted molar refractivity (Wildman–Crippen MR) is 148 cm³/mol. The van der Waals surface area contributed by atoms with E-state index in [0.29, 0.717) is 31.6 Å². The van der Waals surface area contributed by atoms with Crippen LogP contribution in [0.15, 0.2) is 60.2 Å². The Morgan fingerprint density at radius 3 is 2.52 bits per heavy atom. The number of anilines is 1. The minimum atomic E-state index is -4.99. The fourth-order valence-corrected chi connectivity index (χ4v) is 4.82. The van der Waals surface area contributed by atoms with Gasteiger partial charge in [0.25, 0.3) is 0 Å². The van der Waals surface area contributed by atoms with Crippen LogP contribution in [0, 0.1) is 5.82 Å². The summed E-state index contributed by atoms with van der Waals surface area (Å²) in [5.74, 6) is -1.68. The largest absolute Gasteiger partial charge is 0.493 e. The highest BCUT2D eigenvalue weighted by Crippen LogP contribution is 2.33. The molecule has 0 saturated carbocycles. The van der Waals surface area contributed by atoms with Gasteiger partial charge in [-0.1, -0.05) is 43.7 Å². The van der Waals surface area contributed by atoms with Crippen LogP contribution in [0.5, 0.6) is 5.75 Å². The Hall–Kier alpha value is -3.11.